The monoisotopic (exact) mass is 282 g/mol. The normalized spacial score (nSPS) is 20.4. The summed E-state index contributed by atoms with van der Waals surface area (Å²) in [6.07, 6.45) is 0.596. The summed E-state index contributed by atoms with van der Waals surface area (Å²) in [5.74, 6) is -0.0302. The van der Waals surface area contributed by atoms with Gasteiger partial charge in [-0.05, 0) is 12.8 Å². The molecular weight excluding hydrogens is 264 g/mol. The molecule has 0 aromatic carbocycles. The molecule has 0 N–H and O–H groups in total. The molecule has 2 atom stereocenters. The number of carbonyl (C=O) groups excluding carboxylic acids is 2. The van der Waals surface area contributed by atoms with E-state index in [9.17, 15) is 9.59 Å². The predicted molar refractivity (Wildman–Crippen MR) is 72.0 cm³/mol. The summed E-state index contributed by atoms with van der Waals surface area (Å²) in [4.78, 5) is 29.4. The Morgan fingerprint density at radius 3 is 2.74 bits per heavy atom. The molecule has 19 heavy (non-hydrogen) atoms. The standard InChI is InChI=1S/C13H18N2O3S/c1-7(2)11(15-8(3)5-10(15)16)12-14-9(6-19-12)13(17)18-4/h6-8,11H,5H2,1-4H3. The molecule has 1 saturated heterocycles. The minimum absolute atomic E-state index is 0.0559. The number of likely N-dealkylation sites (tertiary alicyclic amines) is 1. The number of hydrogen-bond donors (Lipinski definition) is 0. The van der Waals surface area contributed by atoms with E-state index in [1.54, 1.807) is 5.38 Å². The van der Waals surface area contributed by atoms with Crippen LogP contribution in [-0.2, 0) is 9.53 Å². The first-order valence-corrected chi connectivity index (χ1v) is 7.18. The van der Waals surface area contributed by atoms with Gasteiger partial charge >= 0.3 is 5.97 Å². The fourth-order valence-corrected chi connectivity index (χ4v) is 3.42. The third-order valence-electron chi connectivity index (χ3n) is 3.33. The lowest BCUT2D eigenvalue weighted by molar-refractivity contribution is -0.150. The van der Waals surface area contributed by atoms with E-state index in [0.717, 1.165) is 5.01 Å². The van der Waals surface area contributed by atoms with Gasteiger partial charge in [0, 0.05) is 17.8 Å². The Hall–Kier alpha value is -1.43. The van der Waals surface area contributed by atoms with Crippen molar-refractivity contribution in [1.82, 2.24) is 9.88 Å². The van der Waals surface area contributed by atoms with Crippen LogP contribution in [0.15, 0.2) is 5.38 Å². The van der Waals surface area contributed by atoms with Crippen molar-refractivity contribution >= 4 is 23.2 Å². The van der Waals surface area contributed by atoms with E-state index in [1.807, 2.05) is 11.8 Å². The second-order valence-corrected chi connectivity index (χ2v) is 6.00. The maximum atomic E-state index is 11.8. The van der Waals surface area contributed by atoms with Gasteiger partial charge in [0.25, 0.3) is 0 Å². The van der Waals surface area contributed by atoms with Gasteiger partial charge in [-0.2, -0.15) is 0 Å². The molecule has 0 bridgehead atoms. The summed E-state index contributed by atoms with van der Waals surface area (Å²) >= 11 is 1.41. The van der Waals surface area contributed by atoms with E-state index in [2.05, 4.69) is 23.6 Å². The lowest BCUT2D eigenvalue weighted by Gasteiger charge is -2.44. The van der Waals surface area contributed by atoms with Crippen molar-refractivity contribution < 1.29 is 14.3 Å². The number of aromatic nitrogens is 1. The maximum absolute atomic E-state index is 11.8. The van der Waals surface area contributed by atoms with Gasteiger partial charge in [0.15, 0.2) is 5.69 Å². The number of hydrogen-bond acceptors (Lipinski definition) is 5. The zero-order chi connectivity index (χ0) is 14.2. The smallest absolute Gasteiger partial charge is 0.357 e. The van der Waals surface area contributed by atoms with Crippen molar-refractivity contribution in [2.45, 2.75) is 39.3 Å². The Bertz CT molecular complexity index is 498. The summed E-state index contributed by atoms with van der Waals surface area (Å²) in [6.45, 7) is 6.15. The van der Waals surface area contributed by atoms with E-state index in [1.165, 1.54) is 18.4 Å². The fourth-order valence-electron chi connectivity index (χ4n) is 2.37. The summed E-state index contributed by atoms with van der Waals surface area (Å²) in [6, 6.07) is 0.185. The lowest BCUT2D eigenvalue weighted by atomic mass is 9.94. The number of rotatable bonds is 4. The van der Waals surface area contributed by atoms with Crippen LogP contribution in [-0.4, -0.2) is 34.9 Å². The number of amides is 1. The largest absolute Gasteiger partial charge is 0.464 e. The topological polar surface area (TPSA) is 59.5 Å². The zero-order valence-corrected chi connectivity index (χ0v) is 12.4. The van der Waals surface area contributed by atoms with Crippen LogP contribution in [0.3, 0.4) is 0 Å². The second-order valence-electron chi connectivity index (χ2n) is 5.11. The Labute approximate surface area is 116 Å². The van der Waals surface area contributed by atoms with Gasteiger partial charge in [0.05, 0.1) is 13.2 Å². The van der Waals surface area contributed by atoms with Gasteiger partial charge in [-0.15, -0.1) is 11.3 Å². The van der Waals surface area contributed by atoms with Crippen LogP contribution in [0.2, 0.25) is 0 Å². The third-order valence-corrected chi connectivity index (χ3v) is 4.25. The molecule has 1 aliphatic rings. The first kappa shape index (κ1) is 14.0. The van der Waals surface area contributed by atoms with Crippen molar-refractivity contribution in [2.75, 3.05) is 7.11 Å². The molecule has 0 spiro atoms. The minimum atomic E-state index is -0.437. The van der Waals surface area contributed by atoms with Crippen LogP contribution in [0, 0.1) is 5.92 Å². The summed E-state index contributed by atoms with van der Waals surface area (Å²) in [7, 11) is 1.34. The predicted octanol–water partition coefficient (Wildman–Crippen LogP) is 2.25. The van der Waals surface area contributed by atoms with Crippen LogP contribution >= 0.6 is 11.3 Å². The number of methoxy groups -OCH3 is 1. The average Bonchev–Trinajstić information content (AvgIpc) is 2.83. The highest BCUT2D eigenvalue weighted by Gasteiger charge is 2.41. The molecule has 6 heteroatoms. The highest BCUT2D eigenvalue weighted by atomic mass is 32.1. The van der Waals surface area contributed by atoms with E-state index >= 15 is 0 Å². The van der Waals surface area contributed by atoms with E-state index in [0.29, 0.717) is 12.1 Å². The molecular formula is C13H18N2O3S. The Kier molecular flexibility index (Phi) is 3.89. The molecule has 1 amide bonds. The Balaban J connectivity index is 2.27. The molecule has 2 unspecified atom stereocenters. The lowest BCUT2D eigenvalue weighted by Crippen LogP contribution is -2.53. The van der Waals surface area contributed by atoms with Crippen LogP contribution in [0.4, 0.5) is 0 Å². The van der Waals surface area contributed by atoms with Crippen LogP contribution in [0.25, 0.3) is 0 Å². The molecule has 1 fully saturated rings. The molecule has 0 saturated carbocycles. The molecule has 2 rings (SSSR count). The molecule has 104 valence electrons. The van der Waals surface area contributed by atoms with Gasteiger partial charge < -0.3 is 9.64 Å². The number of esters is 1. The number of thiazole rings is 1. The van der Waals surface area contributed by atoms with Crippen molar-refractivity contribution in [3.05, 3.63) is 16.1 Å². The maximum Gasteiger partial charge on any atom is 0.357 e. The highest BCUT2D eigenvalue weighted by Crippen LogP contribution is 2.37. The number of nitrogens with zero attached hydrogens (tertiary/aromatic N) is 2. The van der Waals surface area contributed by atoms with Crippen molar-refractivity contribution in [3.8, 4) is 0 Å². The third kappa shape index (κ3) is 2.49. The van der Waals surface area contributed by atoms with Crippen LogP contribution < -0.4 is 0 Å². The van der Waals surface area contributed by atoms with Crippen molar-refractivity contribution in [1.29, 1.82) is 0 Å². The van der Waals surface area contributed by atoms with Crippen molar-refractivity contribution in [2.24, 2.45) is 5.92 Å². The molecule has 1 aromatic heterocycles. The first-order valence-electron chi connectivity index (χ1n) is 6.30. The van der Waals surface area contributed by atoms with Gasteiger partial charge in [-0.1, -0.05) is 13.8 Å². The van der Waals surface area contributed by atoms with E-state index in [4.69, 9.17) is 0 Å². The van der Waals surface area contributed by atoms with Gasteiger partial charge in [0.1, 0.15) is 5.01 Å². The SMILES string of the molecule is COC(=O)c1csc(C(C(C)C)N2C(=O)CC2C)n1. The van der Waals surface area contributed by atoms with Gasteiger partial charge in [-0.25, -0.2) is 9.78 Å². The van der Waals surface area contributed by atoms with Crippen LogP contribution in [0.5, 0.6) is 0 Å². The number of β-lactam (4-membered cyclic amide) rings is 1. The quantitative estimate of drug-likeness (QED) is 0.628. The molecule has 0 radical (unpaired) electrons. The molecule has 5 nitrogen and oxygen atoms in total. The molecule has 0 aliphatic carbocycles. The zero-order valence-electron chi connectivity index (χ0n) is 11.5. The summed E-state index contributed by atoms with van der Waals surface area (Å²) < 4.78 is 4.66. The summed E-state index contributed by atoms with van der Waals surface area (Å²) in [5.41, 5.74) is 0.314. The van der Waals surface area contributed by atoms with Crippen molar-refractivity contribution in [3.63, 3.8) is 0 Å². The number of carbonyl (C=O) groups is 2. The van der Waals surface area contributed by atoms with E-state index in [-0.39, 0.29) is 23.9 Å². The fraction of sp³-hybridized carbons (Fsp3) is 0.615. The summed E-state index contributed by atoms with van der Waals surface area (Å²) in [5, 5.41) is 2.49. The number of ether oxygens (including phenoxy) is 1. The van der Waals surface area contributed by atoms with Gasteiger partial charge in [0.2, 0.25) is 5.91 Å². The first-order chi connectivity index (χ1) is 8.95. The minimum Gasteiger partial charge on any atom is -0.464 e. The molecule has 1 aliphatic heterocycles. The highest BCUT2D eigenvalue weighted by molar-refractivity contribution is 7.09. The second kappa shape index (κ2) is 5.28. The Morgan fingerprint density at radius 1 is 1.58 bits per heavy atom. The van der Waals surface area contributed by atoms with E-state index < -0.39 is 5.97 Å². The average molecular weight is 282 g/mol. The molecule has 2 heterocycles. The van der Waals surface area contributed by atoms with Gasteiger partial charge in [-0.3, -0.25) is 4.79 Å². The van der Waals surface area contributed by atoms with Crippen LogP contribution in [0.1, 0.15) is 48.7 Å². The Morgan fingerprint density at radius 2 is 2.26 bits per heavy atom. The molecule has 1 aromatic rings.